The Balaban J connectivity index is 1.35. The predicted molar refractivity (Wildman–Crippen MR) is 178 cm³/mol. The van der Waals surface area contributed by atoms with Crippen molar-refractivity contribution in [3.05, 3.63) is 135 Å². The van der Waals surface area contributed by atoms with Gasteiger partial charge in [-0.05, 0) is 64.9 Å². The number of hydrogen-bond acceptors (Lipinski definition) is 3. The minimum atomic E-state index is -0.815. The van der Waals surface area contributed by atoms with E-state index >= 15 is 0 Å². The zero-order valence-electron chi connectivity index (χ0n) is 24.8. The SMILES string of the molecule is Cc1ccc2c(c1)C(C)(C)c1c3c(c4ccccc4c1-2)OC(c1ccc(Cl)cc1)(c1ccc(N2CCOCC2)cc1)C=C3. The highest BCUT2D eigenvalue weighted by molar-refractivity contribution is 6.30. The van der Waals surface area contributed by atoms with E-state index in [0.717, 1.165) is 48.6 Å². The third-order valence-electron chi connectivity index (χ3n) is 9.64. The summed E-state index contributed by atoms with van der Waals surface area (Å²) in [4.78, 5) is 2.38. The smallest absolute Gasteiger partial charge is 0.178 e. The monoisotopic (exact) mass is 583 g/mol. The maximum absolute atomic E-state index is 7.41. The molecule has 0 N–H and O–H groups in total. The lowest BCUT2D eigenvalue weighted by Crippen LogP contribution is -2.37. The zero-order valence-corrected chi connectivity index (χ0v) is 25.5. The number of benzene rings is 5. The van der Waals surface area contributed by atoms with Gasteiger partial charge in [-0.2, -0.15) is 0 Å². The Labute approximate surface area is 258 Å². The van der Waals surface area contributed by atoms with E-state index in [1.165, 1.54) is 44.5 Å². The number of rotatable bonds is 3. The van der Waals surface area contributed by atoms with Gasteiger partial charge in [0.1, 0.15) is 5.75 Å². The quantitative estimate of drug-likeness (QED) is 0.211. The van der Waals surface area contributed by atoms with Crippen LogP contribution in [0.3, 0.4) is 0 Å². The van der Waals surface area contributed by atoms with Gasteiger partial charge in [-0.15, -0.1) is 0 Å². The topological polar surface area (TPSA) is 21.7 Å². The summed E-state index contributed by atoms with van der Waals surface area (Å²) >= 11 is 6.38. The van der Waals surface area contributed by atoms with Gasteiger partial charge in [0.05, 0.1) is 13.2 Å². The van der Waals surface area contributed by atoms with Crippen LogP contribution in [0.15, 0.2) is 97.1 Å². The second-order valence-corrected chi connectivity index (χ2v) is 13.0. The van der Waals surface area contributed by atoms with Crippen LogP contribution in [0.25, 0.3) is 28.0 Å². The van der Waals surface area contributed by atoms with Crippen LogP contribution < -0.4 is 9.64 Å². The zero-order chi connectivity index (χ0) is 29.3. The molecule has 1 aliphatic carbocycles. The largest absolute Gasteiger partial charge is 0.472 e. The van der Waals surface area contributed by atoms with Gasteiger partial charge in [0.2, 0.25) is 0 Å². The van der Waals surface area contributed by atoms with Crippen molar-refractivity contribution in [2.45, 2.75) is 31.8 Å². The Hall–Kier alpha value is -4.05. The summed E-state index contributed by atoms with van der Waals surface area (Å²) in [6.07, 6.45) is 4.57. The van der Waals surface area contributed by atoms with Gasteiger partial charge in [-0.3, -0.25) is 0 Å². The highest BCUT2D eigenvalue weighted by Gasteiger charge is 2.44. The van der Waals surface area contributed by atoms with Crippen LogP contribution >= 0.6 is 11.6 Å². The summed E-state index contributed by atoms with van der Waals surface area (Å²) in [6, 6.07) is 32.6. The molecular formula is C39H34ClNO2. The molecule has 0 amide bonds. The van der Waals surface area contributed by atoms with Crippen LogP contribution in [0.2, 0.25) is 5.02 Å². The van der Waals surface area contributed by atoms with Crippen molar-refractivity contribution in [2.75, 3.05) is 31.2 Å². The predicted octanol–water partition coefficient (Wildman–Crippen LogP) is 9.29. The van der Waals surface area contributed by atoms with Crippen molar-refractivity contribution in [3.8, 4) is 16.9 Å². The molecule has 2 heterocycles. The molecule has 3 nitrogen and oxygen atoms in total. The van der Waals surface area contributed by atoms with E-state index in [9.17, 15) is 0 Å². The molecule has 3 aliphatic rings. The number of ether oxygens (including phenoxy) is 2. The first-order valence-electron chi connectivity index (χ1n) is 15.1. The number of fused-ring (bicyclic) bond motifs is 8. The first-order chi connectivity index (χ1) is 20.9. The Morgan fingerprint density at radius 2 is 1.47 bits per heavy atom. The summed E-state index contributed by atoms with van der Waals surface area (Å²) < 4.78 is 13.0. The third-order valence-corrected chi connectivity index (χ3v) is 9.89. The summed E-state index contributed by atoms with van der Waals surface area (Å²) in [7, 11) is 0. The average molecular weight is 584 g/mol. The molecule has 0 bridgehead atoms. The molecule has 0 spiro atoms. The Morgan fingerprint density at radius 1 is 0.791 bits per heavy atom. The first-order valence-corrected chi connectivity index (χ1v) is 15.5. The molecule has 2 aliphatic heterocycles. The van der Waals surface area contributed by atoms with Crippen LogP contribution in [0.5, 0.6) is 5.75 Å². The lowest BCUT2D eigenvalue weighted by atomic mass is 9.76. The molecule has 1 fully saturated rings. The molecule has 5 aromatic rings. The van der Waals surface area contributed by atoms with E-state index in [1.54, 1.807) is 0 Å². The standard InChI is InChI=1S/C39H34ClNO2/c1-25-8-17-32-34(24-25)38(2,3)36-33-18-19-39(26-9-13-28(40)14-10-26,43-37(33)31-7-5-4-6-30(31)35(32)36)27-11-15-29(16-12-27)41-20-22-42-23-21-41/h4-19,24H,20-23H2,1-3H3. The lowest BCUT2D eigenvalue weighted by Gasteiger charge is -2.38. The minimum absolute atomic E-state index is 0.168. The summed E-state index contributed by atoms with van der Waals surface area (Å²) in [5.41, 5.74) is 10.2. The van der Waals surface area contributed by atoms with E-state index in [1.807, 2.05) is 12.1 Å². The van der Waals surface area contributed by atoms with Crippen molar-refractivity contribution in [2.24, 2.45) is 0 Å². The van der Waals surface area contributed by atoms with Gasteiger partial charge in [0, 0.05) is 51.3 Å². The molecule has 0 aromatic heterocycles. The van der Waals surface area contributed by atoms with Crippen LogP contribution in [0.4, 0.5) is 5.69 Å². The van der Waals surface area contributed by atoms with Crippen molar-refractivity contribution in [1.82, 2.24) is 0 Å². The number of nitrogens with zero attached hydrogens (tertiary/aromatic N) is 1. The highest BCUT2D eigenvalue weighted by Crippen LogP contribution is 2.58. The molecule has 43 heavy (non-hydrogen) atoms. The molecule has 1 atom stereocenters. The number of hydrogen-bond donors (Lipinski definition) is 0. The van der Waals surface area contributed by atoms with Crippen LogP contribution in [-0.4, -0.2) is 26.3 Å². The maximum atomic E-state index is 7.41. The normalized spacial score (nSPS) is 20.0. The van der Waals surface area contributed by atoms with Crippen molar-refractivity contribution < 1.29 is 9.47 Å². The molecular weight excluding hydrogens is 550 g/mol. The fourth-order valence-corrected chi connectivity index (χ4v) is 7.59. The molecule has 5 aromatic carbocycles. The van der Waals surface area contributed by atoms with E-state index in [4.69, 9.17) is 21.1 Å². The second kappa shape index (κ2) is 9.74. The number of anilines is 1. The van der Waals surface area contributed by atoms with Crippen molar-refractivity contribution in [3.63, 3.8) is 0 Å². The molecule has 0 saturated carbocycles. The van der Waals surface area contributed by atoms with E-state index in [2.05, 4.69) is 117 Å². The Bertz CT molecular complexity index is 1920. The number of morpholine rings is 1. The summed E-state index contributed by atoms with van der Waals surface area (Å²) in [5, 5.41) is 3.07. The molecule has 1 unspecified atom stereocenters. The molecule has 8 rings (SSSR count). The van der Waals surface area contributed by atoms with Crippen LogP contribution in [-0.2, 0) is 15.8 Å². The average Bonchev–Trinajstić information content (AvgIpc) is 3.28. The fourth-order valence-electron chi connectivity index (χ4n) is 7.46. The van der Waals surface area contributed by atoms with Gasteiger partial charge in [0.15, 0.2) is 5.60 Å². The van der Waals surface area contributed by atoms with Gasteiger partial charge < -0.3 is 14.4 Å². The van der Waals surface area contributed by atoms with Gasteiger partial charge in [-0.1, -0.05) is 104 Å². The summed E-state index contributed by atoms with van der Waals surface area (Å²) in [6.45, 7) is 10.2. The number of aryl methyl sites for hydroxylation is 1. The van der Waals surface area contributed by atoms with Gasteiger partial charge in [0.25, 0.3) is 0 Å². The molecule has 0 radical (unpaired) electrons. The Kier molecular flexibility index (Phi) is 6.02. The first kappa shape index (κ1) is 26.6. The number of halogens is 1. The van der Waals surface area contributed by atoms with Crippen LogP contribution in [0.1, 0.15) is 47.2 Å². The van der Waals surface area contributed by atoms with Crippen molar-refractivity contribution >= 4 is 34.1 Å². The molecule has 1 saturated heterocycles. The van der Waals surface area contributed by atoms with Crippen molar-refractivity contribution in [1.29, 1.82) is 0 Å². The van der Waals surface area contributed by atoms with E-state index < -0.39 is 5.60 Å². The summed E-state index contributed by atoms with van der Waals surface area (Å²) in [5.74, 6) is 0.932. The second-order valence-electron chi connectivity index (χ2n) is 12.5. The van der Waals surface area contributed by atoms with Crippen LogP contribution in [0, 0.1) is 6.92 Å². The third kappa shape index (κ3) is 3.98. The molecule has 4 heteroatoms. The van der Waals surface area contributed by atoms with E-state index in [-0.39, 0.29) is 5.41 Å². The molecule has 214 valence electrons. The van der Waals surface area contributed by atoms with E-state index in [0.29, 0.717) is 5.02 Å². The highest BCUT2D eigenvalue weighted by atomic mass is 35.5. The fraction of sp³-hybridized carbons (Fsp3) is 0.231. The Morgan fingerprint density at radius 3 is 2.19 bits per heavy atom. The van der Waals surface area contributed by atoms with Gasteiger partial charge in [-0.25, -0.2) is 0 Å². The van der Waals surface area contributed by atoms with Gasteiger partial charge >= 0.3 is 0 Å². The lowest BCUT2D eigenvalue weighted by molar-refractivity contribution is 0.122. The maximum Gasteiger partial charge on any atom is 0.178 e. The minimum Gasteiger partial charge on any atom is -0.472 e.